The number of carbonyl (C=O) groups is 2. The van der Waals surface area contributed by atoms with Crippen molar-refractivity contribution in [3.63, 3.8) is 0 Å². The lowest BCUT2D eigenvalue weighted by atomic mass is 9.85. The van der Waals surface area contributed by atoms with E-state index in [0.29, 0.717) is 46.6 Å². The summed E-state index contributed by atoms with van der Waals surface area (Å²) in [5.74, 6) is -0.636. The minimum Gasteiger partial charge on any atom is -0.387 e. The van der Waals surface area contributed by atoms with Crippen LogP contribution in [0.5, 0.6) is 0 Å². The van der Waals surface area contributed by atoms with Crippen LogP contribution in [0, 0.1) is 5.82 Å². The molecule has 2 aliphatic heterocycles. The third-order valence-corrected chi connectivity index (χ3v) is 7.83. The molecule has 1 amide bonds. The van der Waals surface area contributed by atoms with Crippen LogP contribution >= 0.6 is 0 Å². The molecule has 9 nitrogen and oxygen atoms in total. The van der Waals surface area contributed by atoms with Gasteiger partial charge >= 0.3 is 0 Å². The standard InChI is InChI=1S/C28H27FN6O3/c1-15(37)25-26(17-10-18-7-8-19(11-17)34(18)24(38)14-36)33-28-21(13-32-35(28)27(25)30)16-6-9-23(31-12-16)20-4-2-3-5-22(20)29/h2-6,9,12-13,17-19,36H,7-8,10-11,14,30H2,1H3/t17?,18-,19+. The second-order valence-electron chi connectivity index (χ2n) is 10.0. The maximum absolute atomic E-state index is 14.2. The van der Waals surface area contributed by atoms with Crippen molar-refractivity contribution in [2.75, 3.05) is 12.3 Å². The van der Waals surface area contributed by atoms with Crippen molar-refractivity contribution < 1.29 is 19.1 Å². The summed E-state index contributed by atoms with van der Waals surface area (Å²) in [6, 6.07) is 10.0. The molecule has 6 rings (SSSR count). The van der Waals surface area contributed by atoms with Crippen LogP contribution in [0.4, 0.5) is 10.2 Å². The summed E-state index contributed by atoms with van der Waals surface area (Å²) in [6.45, 7) is 0.966. The predicted molar refractivity (Wildman–Crippen MR) is 139 cm³/mol. The number of nitrogens with two attached hydrogens (primary N) is 1. The number of carbonyl (C=O) groups excluding carboxylic acids is 2. The van der Waals surface area contributed by atoms with Gasteiger partial charge in [0.25, 0.3) is 0 Å². The summed E-state index contributed by atoms with van der Waals surface area (Å²) < 4.78 is 15.7. The number of hydrogen-bond donors (Lipinski definition) is 2. The number of hydrogen-bond acceptors (Lipinski definition) is 7. The molecule has 2 bridgehead atoms. The first-order valence-electron chi connectivity index (χ1n) is 12.7. The molecule has 4 aromatic rings. The third kappa shape index (κ3) is 3.83. The maximum atomic E-state index is 14.2. The predicted octanol–water partition coefficient (Wildman–Crippen LogP) is 3.61. The lowest BCUT2D eigenvalue weighted by molar-refractivity contribution is -0.138. The van der Waals surface area contributed by atoms with Crippen molar-refractivity contribution in [1.82, 2.24) is 24.5 Å². The normalized spacial score (nSPS) is 20.7. The van der Waals surface area contributed by atoms with Gasteiger partial charge in [0.1, 0.15) is 18.2 Å². The van der Waals surface area contributed by atoms with Gasteiger partial charge in [-0.15, -0.1) is 0 Å². The van der Waals surface area contributed by atoms with Crippen molar-refractivity contribution in [3.05, 3.63) is 65.9 Å². The molecule has 10 heteroatoms. The highest BCUT2D eigenvalue weighted by Crippen LogP contribution is 2.44. The van der Waals surface area contributed by atoms with Gasteiger partial charge in [0.2, 0.25) is 5.91 Å². The molecule has 2 saturated heterocycles. The smallest absolute Gasteiger partial charge is 0.248 e. The Morgan fingerprint density at radius 1 is 1.08 bits per heavy atom. The van der Waals surface area contributed by atoms with Crippen LogP contribution in [0.25, 0.3) is 28.0 Å². The molecule has 2 fully saturated rings. The Labute approximate surface area is 218 Å². The third-order valence-electron chi connectivity index (χ3n) is 7.83. The van der Waals surface area contributed by atoms with Crippen LogP contribution in [0.2, 0.25) is 0 Å². The Balaban J connectivity index is 1.41. The van der Waals surface area contributed by atoms with E-state index < -0.39 is 6.61 Å². The number of Topliss-reactive ketones (excluding diaryl/α,β-unsaturated/α-hetero) is 1. The van der Waals surface area contributed by atoms with Crippen molar-refractivity contribution >= 4 is 23.2 Å². The second-order valence-corrected chi connectivity index (χ2v) is 10.0. The molecule has 194 valence electrons. The van der Waals surface area contributed by atoms with E-state index in [9.17, 15) is 19.1 Å². The summed E-state index contributed by atoms with van der Waals surface area (Å²) in [5.41, 5.74) is 10.3. The summed E-state index contributed by atoms with van der Waals surface area (Å²) in [7, 11) is 0. The average molecular weight is 515 g/mol. The van der Waals surface area contributed by atoms with Crippen LogP contribution in [0.3, 0.4) is 0 Å². The minimum atomic E-state index is -0.504. The van der Waals surface area contributed by atoms with E-state index in [4.69, 9.17) is 10.7 Å². The molecule has 3 atom stereocenters. The van der Waals surface area contributed by atoms with Gasteiger partial charge in [0, 0.05) is 40.9 Å². The Kier molecular flexibility index (Phi) is 5.91. The monoisotopic (exact) mass is 514 g/mol. The molecule has 3 N–H and O–H groups in total. The number of aliphatic hydroxyl groups excluding tert-OH is 1. The lowest BCUT2D eigenvalue weighted by Crippen LogP contribution is -2.47. The van der Waals surface area contributed by atoms with E-state index in [2.05, 4.69) is 10.1 Å². The number of aromatic nitrogens is 4. The van der Waals surface area contributed by atoms with Gasteiger partial charge in [0.05, 0.1) is 23.1 Å². The van der Waals surface area contributed by atoms with E-state index >= 15 is 0 Å². The Morgan fingerprint density at radius 2 is 1.82 bits per heavy atom. The molecular weight excluding hydrogens is 487 g/mol. The van der Waals surface area contributed by atoms with Crippen molar-refractivity contribution in [3.8, 4) is 22.4 Å². The first-order valence-corrected chi connectivity index (χ1v) is 12.7. The van der Waals surface area contributed by atoms with Crippen molar-refractivity contribution in [1.29, 1.82) is 0 Å². The number of fused-ring (bicyclic) bond motifs is 3. The van der Waals surface area contributed by atoms with Crippen LogP contribution in [-0.4, -0.2) is 60.0 Å². The average Bonchev–Trinajstić information content (AvgIpc) is 3.46. The zero-order chi connectivity index (χ0) is 26.6. The second kappa shape index (κ2) is 9.29. The van der Waals surface area contributed by atoms with E-state index in [0.717, 1.165) is 18.4 Å². The number of halogens is 1. The van der Waals surface area contributed by atoms with Gasteiger partial charge in [0.15, 0.2) is 11.4 Å². The van der Waals surface area contributed by atoms with Crippen LogP contribution in [0.15, 0.2) is 48.8 Å². The highest BCUT2D eigenvalue weighted by Gasteiger charge is 2.44. The van der Waals surface area contributed by atoms with E-state index in [-0.39, 0.29) is 41.3 Å². The Morgan fingerprint density at radius 3 is 2.45 bits per heavy atom. The van der Waals surface area contributed by atoms with Gasteiger partial charge in [-0.1, -0.05) is 18.2 Å². The number of benzene rings is 1. The quantitative estimate of drug-likeness (QED) is 0.390. The first kappa shape index (κ1) is 24.2. The Bertz CT molecular complexity index is 1550. The SMILES string of the molecule is CC(=O)c1c(C2C[C@H]3CC[C@@H](C2)N3C(=O)CO)nc2c(-c3ccc(-c4ccccc4F)nc3)cnn2c1N. The summed E-state index contributed by atoms with van der Waals surface area (Å²) in [4.78, 5) is 36.3. The molecule has 0 radical (unpaired) electrons. The number of rotatable bonds is 5. The van der Waals surface area contributed by atoms with Gasteiger partial charge in [-0.05, 0) is 50.8 Å². The molecular formula is C28H27FN6O3. The molecule has 1 aromatic carbocycles. The van der Waals surface area contributed by atoms with E-state index in [1.54, 1.807) is 41.6 Å². The topological polar surface area (TPSA) is 127 Å². The number of nitrogen functional groups attached to an aromatic ring is 1. The van der Waals surface area contributed by atoms with Crippen LogP contribution < -0.4 is 5.73 Å². The van der Waals surface area contributed by atoms with Gasteiger partial charge in [-0.25, -0.2) is 9.37 Å². The van der Waals surface area contributed by atoms with Crippen LogP contribution in [0.1, 0.15) is 54.6 Å². The largest absolute Gasteiger partial charge is 0.387 e. The van der Waals surface area contributed by atoms with Gasteiger partial charge < -0.3 is 15.7 Å². The molecule has 0 aliphatic carbocycles. The van der Waals surface area contributed by atoms with Crippen LogP contribution in [-0.2, 0) is 4.79 Å². The highest BCUT2D eigenvalue weighted by molar-refractivity contribution is 6.00. The highest BCUT2D eigenvalue weighted by atomic mass is 19.1. The summed E-state index contributed by atoms with van der Waals surface area (Å²) in [6.07, 6.45) is 6.30. The summed E-state index contributed by atoms with van der Waals surface area (Å²) in [5, 5.41) is 13.8. The fourth-order valence-corrected chi connectivity index (χ4v) is 6.16. The summed E-state index contributed by atoms with van der Waals surface area (Å²) >= 11 is 0. The zero-order valence-corrected chi connectivity index (χ0v) is 20.8. The fraction of sp³-hybridized carbons (Fsp3) is 0.321. The number of pyridine rings is 1. The molecule has 0 saturated carbocycles. The van der Waals surface area contributed by atoms with E-state index in [1.165, 1.54) is 17.5 Å². The number of amides is 1. The molecule has 5 heterocycles. The molecule has 38 heavy (non-hydrogen) atoms. The number of ketones is 1. The molecule has 3 aromatic heterocycles. The Hall–Kier alpha value is -4.18. The van der Waals surface area contributed by atoms with E-state index in [1.807, 2.05) is 6.07 Å². The minimum absolute atomic E-state index is 0.00281. The van der Waals surface area contributed by atoms with Gasteiger partial charge in [-0.2, -0.15) is 9.61 Å². The maximum Gasteiger partial charge on any atom is 0.248 e. The number of nitrogens with zero attached hydrogens (tertiary/aromatic N) is 5. The van der Waals surface area contributed by atoms with Crippen molar-refractivity contribution in [2.45, 2.75) is 50.6 Å². The van der Waals surface area contributed by atoms with Gasteiger partial charge in [-0.3, -0.25) is 14.6 Å². The number of aliphatic hydroxyl groups is 1. The zero-order valence-electron chi connectivity index (χ0n) is 20.8. The van der Waals surface area contributed by atoms with Crippen molar-refractivity contribution in [2.24, 2.45) is 0 Å². The fourth-order valence-electron chi connectivity index (χ4n) is 6.16. The first-order chi connectivity index (χ1) is 18.4. The lowest BCUT2D eigenvalue weighted by Gasteiger charge is -2.39. The number of piperidine rings is 1. The molecule has 0 spiro atoms. The molecule has 2 aliphatic rings. The molecule has 1 unspecified atom stereocenters. The number of anilines is 1.